The predicted octanol–water partition coefficient (Wildman–Crippen LogP) is 3.78. The number of aryl methyl sites for hydroxylation is 1. The summed E-state index contributed by atoms with van der Waals surface area (Å²) in [6, 6.07) is 5.43. The number of amides is 1. The molecule has 16 heavy (non-hydrogen) atoms. The average molecular weight is 279 g/mol. The van der Waals surface area contributed by atoms with Crippen molar-refractivity contribution >= 4 is 46.4 Å². The molecule has 1 amide bonds. The molecule has 5 heteroatoms. The summed E-state index contributed by atoms with van der Waals surface area (Å²) in [4.78, 5) is 11.7. The Kier molecular flexibility index (Phi) is 3.08. The average Bonchev–Trinajstić information content (AvgIpc) is 2.80. The zero-order valence-electron chi connectivity index (χ0n) is 8.56. The summed E-state index contributed by atoms with van der Waals surface area (Å²) in [5.74, 6) is -0.524. The van der Waals surface area contributed by atoms with Crippen LogP contribution in [-0.4, -0.2) is 10.2 Å². The molecule has 1 N–H and O–H groups in total. The Bertz CT molecular complexity index is 445. The summed E-state index contributed by atoms with van der Waals surface area (Å²) in [7, 11) is 0. The van der Waals surface area contributed by atoms with Crippen molar-refractivity contribution in [1.29, 1.82) is 0 Å². The number of anilines is 1. The van der Waals surface area contributed by atoms with E-state index in [0.29, 0.717) is 17.1 Å². The van der Waals surface area contributed by atoms with Gasteiger partial charge in [-0.3, -0.25) is 4.79 Å². The van der Waals surface area contributed by atoms with Crippen LogP contribution < -0.4 is 5.32 Å². The molecule has 0 unspecified atom stereocenters. The fourth-order valence-electron chi connectivity index (χ4n) is 1.44. The quantitative estimate of drug-likeness (QED) is 0.820. The molecule has 1 fully saturated rings. The van der Waals surface area contributed by atoms with Crippen LogP contribution in [-0.2, 0) is 4.79 Å². The highest BCUT2D eigenvalue weighted by molar-refractivity contribution is 6.52. The van der Waals surface area contributed by atoms with E-state index in [1.165, 1.54) is 0 Å². The number of hydrogen-bond donors (Lipinski definition) is 1. The Morgan fingerprint density at radius 1 is 1.50 bits per heavy atom. The zero-order valence-corrected chi connectivity index (χ0v) is 10.8. The van der Waals surface area contributed by atoms with Crippen molar-refractivity contribution in [1.82, 2.24) is 0 Å². The molecule has 0 bridgehead atoms. The lowest BCUT2D eigenvalue weighted by atomic mass is 10.2. The van der Waals surface area contributed by atoms with E-state index in [9.17, 15) is 4.79 Å². The van der Waals surface area contributed by atoms with Gasteiger partial charge in [-0.05, 0) is 31.0 Å². The predicted molar refractivity (Wildman–Crippen MR) is 67.4 cm³/mol. The van der Waals surface area contributed by atoms with Gasteiger partial charge >= 0.3 is 0 Å². The molecule has 0 saturated heterocycles. The molecular formula is C11H10Cl3NO. The maximum Gasteiger partial charge on any atom is 0.230 e. The third kappa shape index (κ3) is 2.45. The van der Waals surface area contributed by atoms with Crippen LogP contribution in [0.1, 0.15) is 12.0 Å². The van der Waals surface area contributed by atoms with Crippen molar-refractivity contribution in [3.63, 3.8) is 0 Å². The van der Waals surface area contributed by atoms with Gasteiger partial charge in [0.05, 0.1) is 16.6 Å². The van der Waals surface area contributed by atoms with Crippen molar-refractivity contribution in [3.8, 4) is 0 Å². The fourth-order valence-corrected chi connectivity index (χ4v) is 2.23. The van der Waals surface area contributed by atoms with Crippen LogP contribution in [0.2, 0.25) is 5.02 Å². The van der Waals surface area contributed by atoms with Gasteiger partial charge in [-0.2, -0.15) is 0 Å². The Labute approximate surface area is 109 Å². The van der Waals surface area contributed by atoms with E-state index < -0.39 is 4.33 Å². The van der Waals surface area contributed by atoms with Crippen LogP contribution in [0.15, 0.2) is 18.2 Å². The Balaban J connectivity index is 2.07. The van der Waals surface area contributed by atoms with Crippen LogP contribution in [0.25, 0.3) is 0 Å². The number of halogens is 3. The lowest BCUT2D eigenvalue weighted by Gasteiger charge is -2.07. The van der Waals surface area contributed by atoms with E-state index >= 15 is 0 Å². The molecule has 1 aliphatic carbocycles. The van der Waals surface area contributed by atoms with E-state index in [0.717, 1.165) is 5.56 Å². The second-order valence-corrected chi connectivity index (χ2v) is 5.94. The van der Waals surface area contributed by atoms with Crippen molar-refractivity contribution in [2.45, 2.75) is 17.7 Å². The molecule has 0 heterocycles. The lowest BCUT2D eigenvalue weighted by molar-refractivity contribution is -0.117. The second kappa shape index (κ2) is 4.10. The van der Waals surface area contributed by atoms with Crippen molar-refractivity contribution < 1.29 is 4.79 Å². The first-order valence-electron chi connectivity index (χ1n) is 4.85. The first kappa shape index (κ1) is 12.0. The monoisotopic (exact) mass is 277 g/mol. The molecule has 1 saturated carbocycles. The highest BCUT2D eigenvalue weighted by Crippen LogP contribution is 2.53. The van der Waals surface area contributed by atoms with Crippen LogP contribution in [0, 0.1) is 12.8 Å². The number of carbonyl (C=O) groups excluding carboxylic acids is 1. The molecule has 2 nitrogen and oxygen atoms in total. The molecule has 86 valence electrons. The third-order valence-electron chi connectivity index (χ3n) is 2.52. The fraction of sp³-hybridized carbons (Fsp3) is 0.364. The molecule has 1 aromatic rings. The number of alkyl halides is 2. The molecule has 1 atom stereocenters. The summed E-state index contributed by atoms with van der Waals surface area (Å²) in [6.07, 6.45) is 0.491. The maximum absolute atomic E-state index is 11.7. The Morgan fingerprint density at radius 2 is 2.12 bits per heavy atom. The van der Waals surface area contributed by atoms with Gasteiger partial charge in [0.1, 0.15) is 4.33 Å². The van der Waals surface area contributed by atoms with Gasteiger partial charge in [0.15, 0.2) is 0 Å². The SMILES string of the molecule is Cc1ccc(NC(=O)[C@H]2CC2(Cl)Cl)c(Cl)c1. The molecular weight excluding hydrogens is 268 g/mol. The van der Waals surface area contributed by atoms with Gasteiger partial charge in [-0.1, -0.05) is 17.7 Å². The van der Waals surface area contributed by atoms with Gasteiger partial charge in [0.2, 0.25) is 5.91 Å². The molecule has 2 rings (SSSR count). The van der Waals surface area contributed by atoms with Gasteiger partial charge in [-0.25, -0.2) is 0 Å². The van der Waals surface area contributed by atoms with Crippen molar-refractivity contribution in [3.05, 3.63) is 28.8 Å². The number of nitrogens with one attached hydrogen (secondary N) is 1. The third-order valence-corrected chi connectivity index (χ3v) is 3.67. The number of rotatable bonds is 2. The highest BCUT2D eigenvalue weighted by Gasteiger charge is 2.56. The van der Waals surface area contributed by atoms with Crippen LogP contribution in [0.4, 0.5) is 5.69 Å². The highest BCUT2D eigenvalue weighted by atomic mass is 35.5. The lowest BCUT2D eigenvalue weighted by Crippen LogP contribution is -2.17. The van der Waals surface area contributed by atoms with E-state index in [1.54, 1.807) is 12.1 Å². The summed E-state index contributed by atoms with van der Waals surface area (Å²) < 4.78 is -0.902. The van der Waals surface area contributed by atoms with E-state index in [4.69, 9.17) is 34.8 Å². The Morgan fingerprint density at radius 3 is 2.62 bits per heavy atom. The molecule has 0 spiro atoms. The van der Waals surface area contributed by atoms with Crippen molar-refractivity contribution in [2.75, 3.05) is 5.32 Å². The van der Waals surface area contributed by atoms with Crippen LogP contribution >= 0.6 is 34.8 Å². The van der Waals surface area contributed by atoms with Crippen molar-refractivity contribution in [2.24, 2.45) is 5.92 Å². The first-order chi connectivity index (χ1) is 7.40. The molecule has 1 aliphatic rings. The number of hydrogen-bond acceptors (Lipinski definition) is 1. The molecule has 0 radical (unpaired) electrons. The molecule has 0 aromatic heterocycles. The largest absolute Gasteiger partial charge is 0.324 e. The second-order valence-electron chi connectivity index (χ2n) is 3.99. The maximum atomic E-state index is 11.7. The van der Waals surface area contributed by atoms with E-state index in [2.05, 4.69) is 5.32 Å². The minimum absolute atomic E-state index is 0.184. The first-order valence-corrected chi connectivity index (χ1v) is 5.98. The van der Waals surface area contributed by atoms with E-state index in [-0.39, 0.29) is 11.8 Å². The smallest absolute Gasteiger partial charge is 0.230 e. The number of carbonyl (C=O) groups is 1. The van der Waals surface area contributed by atoms with Gasteiger partial charge in [-0.15, -0.1) is 23.2 Å². The van der Waals surface area contributed by atoms with Gasteiger partial charge in [0, 0.05) is 0 Å². The summed E-state index contributed by atoms with van der Waals surface area (Å²) in [5, 5.41) is 3.23. The minimum atomic E-state index is -0.902. The van der Waals surface area contributed by atoms with E-state index in [1.807, 2.05) is 13.0 Å². The minimum Gasteiger partial charge on any atom is -0.324 e. The zero-order chi connectivity index (χ0) is 11.9. The standard InChI is InChI=1S/C11H10Cl3NO/c1-6-2-3-9(8(12)4-6)15-10(16)7-5-11(7,13)14/h2-4,7H,5H2,1H3,(H,15,16)/t7-/m1/s1. The summed E-state index contributed by atoms with van der Waals surface area (Å²) >= 11 is 17.6. The topological polar surface area (TPSA) is 29.1 Å². The van der Waals surface area contributed by atoms with Crippen LogP contribution in [0.3, 0.4) is 0 Å². The number of benzene rings is 1. The summed E-state index contributed by atoms with van der Waals surface area (Å²) in [6.45, 7) is 1.93. The molecule has 1 aromatic carbocycles. The van der Waals surface area contributed by atoms with Crippen LogP contribution in [0.5, 0.6) is 0 Å². The van der Waals surface area contributed by atoms with Gasteiger partial charge in [0.25, 0.3) is 0 Å². The normalized spacial score (nSPS) is 21.6. The van der Waals surface area contributed by atoms with Gasteiger partial charge < -0.3 is 5.32 Å². The summed E-state index contributed by atoms with van der Waals surface area (Å²) in [5.41, 5.74) is 1.63. The molecule has 0 aliphatic heterocycles. The Hall–Kier alpha value is -0.440.